The number of piperazine rings is 1. The molecule has 8 heteroatoms. The van der Waals surface area contributed by atoms with E-state index in [4.69, 9.17) is 0 Å². The lowest BCUT2D eigenvalue weighted by Crippen LogP contribution is -2.46. The lowest BCUT2D eigenvalue weighted by molar-refractivity contribution is -0.383. The van der Waals surface area contributed by atoms with E-state index in [0.29, 0.717) is 12.4 Å². The van der Waals surface area contributed by atoms with Crippen LogP contribution in [0.1, 0.15) is 12.5 Å². The highest BCUT2D eigenvalue weighted by Gasteiger charge is 2.28. The number of nitro groups is 1. The summed E-state index contributed by atoms with van der Waals surface area (Å²) in [7, 11) is 0. The fourth-order valence-electron chi connectivity index (χ4n) is 3.14. The molecule has 0 unspecified atom stereocenters. The summed E-state index contributed by atoms with van der Waals surface area (Å²) in [4.78, 5) is 23.9. The second-order valence-corrected chi connectivity index (χ2v) is 6.24. The van der Waals surface area contributed by atoms with Gasteiger partial charge in [-0.15, -0.1) is 0 Å². The summed E-state index contributed by atoms with van der Waals surface area (Å²) in [5.74, 6) is 0.691. The number of hydrogen-bond donors (Lipinski definition) is 1. The highest BCUT2D eigenvalue weighted by molar-refractivity contribution is 5.70. The molecule has 8 nitrogen and oxygen atoms in total. The molecule has 0 aliphatic carbocycles. The van der Waals surface area contributed by atoms with E-state index in [1.54, 1.807) is 0 Å². The Balaban J connectivity index is 1.73. The topological polar surface area (TPSA) is 87.4 Å². The van der Waals surface area contributed by atoms with E-state index in [2.05, 4.69) is 27.1 Å². The van der Waals surface area contributed by atoms with Crippen LogP contribution in [0.5, 0.6) is 0 Å². The molecule has 138 valence electrons. The number of hydrogen-bond acceptors (Lipinski definition) is 7. The predicted octanol–water partition coefficient (Wildman–Crippen LogP) is 2.18. The van der Waals surface area contributed by atoms with Gasteiger partial charge in [-0.3, -0.25) is 10.1 Å². The maximum Gasteiger partial charge on any atom is 0.353 e. The molecule has 0 atom stereocenters. The van der Waals surface area contributed by atoms with Crippen LogP contribution in [-0.4, -0.2) is 59.1 Å². The van der Waals surface area contributed by atoms with Crippen molar-refractivity contribution in [3.8, 4) is 0 Å². The van der Waals surface area contributed by atoms with Crippen molar-refractivity contribution in [2.24, 2.45) is 0 Å². The Bertz CT molecular complexity index is 732. The third kappa shape index (κ3) is 4.26. The van der Waals surface area contributed by atoms with Crippen LogP contribution in [0.4, 0.5) is 17.3 Å². The molecule has 1 saturated heterocycles. The predicted molar refractivity (Wildman–Crippen MR) is 102 cm³/mol. The van der Waals surface area contributed by atoms with E-state index in [1.807, 2.05) is 35.2 Å². The summed E-state index contributed by atoms with van der Waals surface area (Å²) < 4.78 is 0. The van der Waals surface area contributed by atoms with Crippen molar-refractivity contribution in [2.75, 3.05) is 49.5 Å². The van der Waals surface area contributed by atoms with Crippen LogP contribution in [0.15, 0.2) is 36.7 Å². The van der Waals surface area contributed by atoms with E-state index >= 15 is 0 Å². The number of aromatic nitrogens is 2. The molecule has 0 saturated carbocycles. The van der Waals surface area contributed by atoms with Gasteiger partial charge in [-0.1, -0.05) is 37.3 Å². The quantitative estimate of drug-likeness (QED) is 0.601. The van der Waals surface area contributed by atoms with Gasteiger partial charge >= 0.3 is 5.69 Å². The van der Waals surface area contributed by atoms with E-state index in [0.717, 1.165) is 39.1 Å². The highest BCUT2D eigenvalue weighted by atomic mass is 16.6. The Labute approximate surface area is 153 Å². The van der Waals surface area contributed by atoms with Crippen molar-refractivity contribution in [1.29, 1.82) is 0 Å². The zero-order chi connectivity index (χ0) is 18.4. The third-order valence-corrected chi connectivity index (χ3v) is 4.65. The minimum absolute atomic E-state index is 0.0366. The number of nitrogens with zero attached hydrogens (tertiary/aromatic N) is 5. The molecule has 0 amide bonds. The summed E-state index contributed by atoms with van der Waals surface area (Å²) in [5, 5.41) is 14.8. The van der Waals surface area contributed by atoms with Crippen molar-refractivity contribution < 1.29 is 4.92 Å². The van der Waals surface area contributed by atoms with Crippen LogP contribution in [0.25, 0.3) is 0 Å². The maximum absolute atomic E-state index is 11.7. The first-order valence-corrected chi connectivity index (χ1v) is 8.93. The highest BCUT2D eigenvalue weighted by Crippen LogP contribution is 2.32. The number of rotatable bonds is 7. The van der Waals surface area contributed by atoms with Crippen molar-refractivity contribution in [2.45, 2.75) is 13.3 Å². The summed E-state index contributed by atoms with van der Waals surface area (Å²) in [6, 6.07) is 10.0. The fraction of sp³-hybridized carbons (Fsp3) is 0.444. The molecule has 26 heavy (non-hydrogen) atoms. The summed E-state index contributed by atoms with van der Waals surface area (Å²) >= 11 is 0. The van der Waals surface area contributed by atoms with Crippen molar-refractivity contribution >= 4 is 17.3 Å². The average Bonchev–Trinajstić information content (AvgIpc) is 2.68. The van der Waals surface area contributed by atoms with Gasteiger partial charge in [-0.25, -0.2) is 9.97 Å². The Kier molecular flexibility index (Phi) is 5.96. The van der Waals surface area contributed by atoms with Gasteiger partial charge in [-0.2, -0.15) is 0 Å². The second-order valence-electron chi connectivity index (χ2n) is 6.24. The minimum atomic E-state index is -0.383. The average molecular weight is 356 g/mol. The SMILES string of the molecule is CCN1CCN(c2ncnc(NCCc3ccccc3)c2[N+](=O)[O-])CC1. The monoisotopic (exact) mass is 356 g/mol. The van der Waals surface area contributed by atoms with Crippen molar-refractivity contribution in [3.05, 3.63) is 52.3 Å². The molecule has 0 radical (unpaired) electrons. The number of benzene rings is 1. The Morgan fingerprint density at radius 2 is 1.88 bits per heavy atom. The molecular formula is C18H24N6O2. The van der Waals surface area contributed by atoms with Crippen molar-refractivity contribution in [1.82, 2.24) is 14.9 Å². The van der Waals surface area contributed by atoms with Gasteiger partial charge in [0.25, 0.3) is 0 Å². The van der Waals surface area contributed by atoms with Gasteiger partial charge in [-0.05, 0) is 18.5 Å². The van der Waals surface area contributed by atoms with Crippen LogP contribution in [0.2, 0.25) is 0 Å². The molecule has 1 aliphatic rings. The lowest BCUT2D eigenvalue weighted by Gasteiger charge is -2.34. The third-order valence-electron chi connectivity index (χ3n) is 4.65. The first-order valence-electron chi connectivity index (χ1n) is 8.93. The molecule has 1 aliphatic heterocycles. The zero-order valence-corrected chi connectivity index (χ0v) is 15.0. The molecule has 1 aromatic heterocycles. The molecule has 1 fully saturated rings. The minimum Gasteiger partial charge on any atom is -0.364 e. The van der Waals surface area contributed by atoms with Gasteiger partial charge in [0.1, 0.15) is 6.33 Å². The van der Waals surface area contributed by atoms with Crippen LogP contribution < -0.4 is 10.2 Å². The van der Waals surface area contributed by atoms with Crippen molar-refractivity contribution in [3.63, 3.8) is 0 Å². The van der Waals surface area contributed by atoms with Gasteiger partial charge < -0.3 is 15.1 Å². The Morgan fingerprint density at radius 3 is 2.54 bits per heavy atom. The smallest absolute Gasteiger partial charge is 0.353 e. The number of nitrogens with one attached hydrogen (secondary N) is 1. The lowest BCUT2D eigenvalue weighted by atomic mass is 10.1. The number of anilines is 2. The van der Waals surface area contributed by atoms with Crippen LogP contribution in [-0.2, 0) is 6.42 Å². The van der Waals surface area contributed by atoms with Gasteiger partial charge in [0.05, 0.1) is 4.92 Å². The van der Waals surface area contributed by atoms with Gasteiger partial charge in [0, 0.05) is 32.7 Å². The summed E-state index contributed by atoms with van der Waals surface area (Å²) in [6.45, 7) is 6.92. The van der Waals surface area contributed by atoms with E-state index < -0.39 is 0 Å². The summed E-state index contributed by atoms with van der Waals surface area (Å²) in [5.41, 5.74) is 1.14. The van der Waals surface area contributed by atoms with Gasteiger partial charge in [0.15, 0.2) is 0 Å². The van der Waals surface area contributed by atoms with E-state index in [9.17, 15) is 10.1 Å². The van der Waals surface area contributed by atoms with E-state index in [-0.39, 0.29) is 16.4 Å². The normalized spacial score (nSPS) is 15.0. The molecule has 0 bridgehead atoms. The molecule has 2 heterocycles. The zero-order valence-electron chi connectivity index (χ0n) is 15.0. The van der Waals surface area contributed by atoms with Gasteiger partial charge in [0.2, 0.25) is 11.6 Å². The van der Waals surface area contributed by atoms with Crippen LogP contribution >= 0.6 is 0 Å². The first-order chi connectivity index (χ1) is 12.7. The van der Waals surface area contributed by atoms with Crippen LogP contribution in [0.3, 0.4) is 0 Å². The molecule has 2 aromatic rings. The number of likely N-dealkylation sites (N-methyl/N-ethyl adjacent to an activating group) is 1. The fourth-order valence-corrected chi connectivity index (χ4v) is 3.14. The largest absolute Gasteiger partial charge is 0.364 e. The van der Waals surface area contributed by atoms with E-state index in [1.165, 1.54) is 11.9 Å². The molecule has 3 rings (SSSR count). The standard InChI is InChI=1S/C18H24N6O2/c1-2-22-10-12-23(13-11-22)18-16(24(25)26)17(20-14-21-18)19-9-8-15-6-4-3-5-7-15/h3-7,14H,2,8-13H2,1H3,(H,19,20,21). The summed E-state index contributed by atoms with van der Waals surface area (Å²) in [6.07, 6.45) is 2.17. The Hall–Kier alpha value is -2.74. The first kappa shape index (κ1) is 18.1. The second kappa shape index (κ2) is 8.57. The maximum atomic E-state index is 11.7. The Morgan fingerprint density at radius 1 is 1.15 bits per heavy atom. The molecule has 1 N–H and O–H groups in total. The molecule has 1 aromatic carbocycles. The van der Waals surface area contributed by atoms with Crippen LogP contribution in [0, 0.1) is 10.1 Å². The molecular weight excluding hydrogens is 332 g/mol. The molecule has 0 spiro atoms.